The molecule has 0 aliphatic rings. The Kier molecular flexibility index (Phi) is 3.16. The minimum Gasteiger partial charge on any atom is -0.337 e. The summed E-state index contributed by atoms with van der Waals surface area (Å²) in [4.78, 5) is 0. The smallest absolute Gasteiger partial charge is 0.266 e. The first-order chi connectivity index (χ1) is 9.98. The monoisotopic (exact) mass is 300 g/mol. The molecule has 0 atom stereocenters. The van der Waals surface area contributed by atoms with Crippen molar-refractivity contribution in [3.05, 3.63) is 48.3 Å². The first-order valence-electron chi connectivity index (χ1n) is 6.35. The zero-order valence-corrected chi connectivity index (χ0v) is 11.8. The number of fused-ring (bicyclic) bond motifs is 2. The summed E-state index contributed by atoms with van der Waals surface area (Å²) in [6, 6.07) is 13.8. The van der Waals surface area contributed by atoms with Crippen molar-refractivity contribution in [1.29, 1.82) is 5.26 Å². The lowest BCUT2D eigenvalue weighted by atomic mass is 10.1. The van der Waals surface area contributed by atoms with E-state index in [9.17, 15) is 13.7 Å². The number of hydrogen-bond donors (Lipinski definition) is 1. The molecule has 1 N–H and O–H groups in total. The van der Waals surface area contributed by atoms with Gasteiger partial charge in [-0.15, -0.1) is 0 Å². The van der Waals surface area contributed by atoms with Crippen molar-refractivity contribution in [2.75, 3.05) is 5.75 Å². The largest absolute Gasteiger partial charge is 0.337 e. The van der Waals surface area contributed by atoms with Gasteiger partial charge in [-0.1, -0.05) is 24.3 Å². The van der Waals surface area contributed by atoms with Gasteiger partial charge in [0.15, 0.2) is 0 Å². The van der Waals surface area contributed by atoms with Crippen LogP contribution in [0.3, 0.4) is 0 Å². The lowest BCUT2D eigenvalue weighted by Crippen LogP contribution is -2.12. The third kappa shape index (κ3) is 2.61. The Labute approximate surface area is 121 Å². The van der Waals surface area contributed by atoms with Crippen LogP contribution in [0.4, 0.5) is 0 Å². The molecule has 0 saturated carbocycles. The van der Waals surface area contributed by atoms with Gasteiger partial charge < -0.3 is 4.57 Å². The second kappa shape index (κ2) is 4.88. The van der Waals surface area contributed by atoms with Gasteiger partial charge in [-0.2, -0.15) is 13.7 Å². The molecular weight excluding hydrogens is 288 g/mol. The van der Waals surface area contributed by atoms with Crippen LogP contribution in [0.25, 0.3) is 21.5 Å². The number of nitriles is 1. The number of aryl methyl sites for hydroxylation is 1. The van der Waals surface area contributed by atoms with Crippen molar-refractivity contribution in [3.8, 4) is 6.07 Å². The summed E-state index contributed by atoms with van der Waals surface area (Å²) in [5.74, 6) is -0.414. The van der Waals surface area contributed by atoms with Crippen molar-refractivity contribution in [2.24, 2.45) is 0 Å². The quantitative estimate of drug-likeness (QED) is 0.753. The Morgan fingerprint density at radius 2 is 1.81 bits per heavy atom. The van der Waals surface area contributed by atoms with Gasteiger partial charge in [-0.25, -0.2) is 0 Å². The molecule has 0 aliphatic heterocycles. The fourth-order valence-corrected chi connectivity index (χ4v) is 2.90. The number of rotatable bonds is 3. The molecule has 0 bridgehead atoms. The fraction of sp³-hybridized carbons (Fsp3) is 0.133. The van der Waals surface area contributed by atoms with Gasteiger partial charge in [-0.3, -0.25) is 4.55 Å². The van der Waals surface area contributed by atoms with Crippen LogP contribution < -0.4 is 0 Å². The fourth-order valence-electron chi connectivity index (χ4n) is 2.47. The molecule has 5 nitrogen and oxygen atoms in total. The molecule has 6 heteroatoms. The average Bonchev–Trinajstić information content (AvgIpc) is 2.78. The van der Waals surface area contributed by atoms with Crippen LogP contribution in [0.1, 0.15) is 5.69 Å². The third-order valence-corrected chi connectivity index (χ3v) is 4.15. The first-order valence-corrected chi connectivity index (χ1v) is 7.96. The number of aromatic nitrogens is 1. The highest BCUT2D eigenvalue weighted by atomic mass is 32.2. The highest BCUT2D eigenvalue weighted by Gasteiger charge is 2.12. The zero-order valence-electron chi connectivity index (χ0n) is 11.0. The van der Waals surface area contributed by atoms with Crippen LogP contribution in [0, 0.1) is 11.3 Å². The molecule has 0 unspecified atom stereocenters. The molecule has 0 spiro atoms. The summed E-state index contributed by atoms with van der Waals surface area (Å²) >= 11 is 0. The molecule has 1 heterocycles. The van der Waals surface area contributed by atoms with E-state index in [1.165, 1.54) is 0 Å². The lowest BCUT2D eigenvalue weighted by molar-refractivity contribution is 0.478. The number of benzene rings is 2. The Bertz CT molecular complexity index is 981. The number of hydrogen-bond acceptors (Lipinski definition) is 3. The maximum Gasteiger partial charge on any atom is 0.266 e. The SMILES string of the molecule is N#Cc1c2cc3ccccc3cc2cn1CCS(=O)(=O)O. The summed E-state index contributed by atoms with van der Waals surface area (Å²) in [5, 5.41) is 13.1. The molecule has 0 saturated heterocycles. The van der Waals surface area contributed by atoms with Gasteiger partial charge in [0.05, 0.1) is 5.75 Å². The van der Waals surface area contributed by atoms with Crippen molar-refractivity contribution in [3.63, 3.8) is 0 Å². The highest BCUT2D eigenvalue weighted by molar-refractivity contribution is 7.85. The Morgan fingerprint density at radius 1 is 1.14 bits per heavy atom. The minimum atomic E-state index is -4.05. The Hall–Kier alpha value is -2.36. The third-order valence-electron chi connectivity index (χ3n) is 3.45. The van der Waals surface area contributed by atoms with Crippen LogP contribution >= 0.6 is 0 Å². The highest BCUT2D eigenvalue weighted by Crippen LogP contribution is 2.26. The van der Waals surface area contributed by atoms with Crippen LogP contribution in [-0.4, -0.2) is 23.3 Å². The van der Waals surface area contributed by atoms with E-state index in [0.717, 1.165) is 21.5 Å². The molecule has 2 aromatic carbocycles. The topological polar surface area (TPSA) is 83.1 Å². The average molecular weight is 300 g/mol. The van der Waals surface area contributed by atoms with E-state index in [1.807, 2.05) is 36.4 Å². The van der Waals surface area contributed by atoms with Crippen LogP contribution in [0.5, 0.6) is 0 Å². The molecule has 3 aromatic rings. The van der Waals surface area contributed by atoms with Gasteiger partial charge in [0.25, 0.3) is 10.1 Å². The molecular formula is C15H12N2O3S. The van der Waals surface area contributed by atoms with Gasteiger partial charge in [-0.05, 0) is 22.9 Å². The minimum absolute atomic E-state index is 0.0484. The van der Waals surface area contributed by atoms with Crippen molar-refractivity contribution < 1.29 is 13.0 Å². The maximum absolute atomic E-state index is 10.9. The molecule has 1 aromatic heterocycles. The van der Waals surface area contributed by atoms with Crippen molar-refractivity contribution in [1.82, 2.24) is 4.57 Å². The first kappa shape index (κ1) is 13.6. The van der Waals surface area contributed by atoms with Crippen molar-refractivity contribution >= 4 is 31.7 Å². The molecule has 0 fully saturated rings. The Morgan fingerprint density at radius 3 is 2.43 bits per heavy atom. The zero-order chi connectivity index (χ0) is 15.0. The summed E-state index contributed by atoms with van der Waals surface area (Å²) < 4.78 is 32.2. The number of nitrogens with zero attached hydrogens (tertiary/aromatic N) is 2. The normalized spacial score (nSPS) is 11.8. The van der Waals surface area contributed by atoms with E-state index in [1.54, 1.807) is 10.8 Å². The van der Waals surface area contributed by atoms with Crippen molar-refractivity contribution in [2.45, 2.75) is 6.54 Å². The van der Waals surface area contributed by atoms with E-state index in [0.29, 0.717) is 5.69 Å². The summed E-state index contributed by atoms with van der Waals surface area (Å²) in [6.07, 6.45) is 1.74. The molecule has 21 heavy (non-hydrogen) atoms. The second-order valence-corrected chi connectivity index (χ2v) is 6.43. The second-order valence-electron chi connectivity index (χ2n) is 4.86. The molecule has 3 rings (SSSR count). The van der Waals surface area contributed by atoms with E-state index in [2.05, 4.69) is 6.07 Å². The lowest BCUT2D eigenvalue weighted by Gasteiger charge is -2.02. The Balaban J connectivity index is 2.18. The molecule has 0 radical (unpaired) electrons. The van der Waals surface area contributed by atoms with E-state index in [-0.39, 0.29) is 6.54 Å². The van der Waals surface area contributed by atoms with E-state index in [4.69, 9.17) is 4.55 Å². The van der Waals surface area contributed by atoms with E-state index < -0.39 is 15.9 Å². The standard InChI is InChI=1S/C15H12N2O3S/c16-9-15-14-8-12-4-2-1-3-11(12)7-13(14)10-17(15)5-6-21(18,19)20/h1-4,7-8,10H,5-6H2,(H,18,19,20). The van der Waals surface area contributed by atoms with Crippen LogP contribution in [0.2, 0.25) is 0 Å². The summed E-state index contributed by atoms with van der Waals surface area (Å²) in [7, 11) is -4.05. The van der Waals surface area contributed by atoms with Gasteiger partial charge in [0.1, 0.15) is 11.8 Å². The van der Waals surface area contributed by atoms with Gasteiger partial charge in [0.2, 0.25) is 0 Å². The van der Waals surface area contributed by atoms with Gasteiger partial charge in [0, 0.05) is 23.5 Å². The molecule has 0 amide bonds. The predicted octanol–water partition coefficient (Wildman–Crippen LogP) is 2.55. The van der Waals surface area contributed by atoms with Crippen LogP contribution in [-0.2, 0) is 16.7 Å². The van der Waals surface area contributed by atoms with Crippen LogP contribution in [0.15, 0.2) is 42.6 Å². The molecule has 0 aliphatic carbocycles. The predicted molar refractivity (Wildman–Crippen MR) is 80.6 cm³/mol. The summed E-state index contributed by atoms with van der Waals surface area (Å²) in [6.45, 7) is 0.0484. The van der Waals surface area contributed by atoms with E-state index >= 15 is 0 Å². The maximum atomic E-state index is 10.9. The summed E-state index contributed by atoms with van der Waals surface area (Å²) in [5.41, 5.74) is 0.402. The van der Waals surface area contributed by atoms with Gasteiger partial charge >= 0.3 is 0 Å². The molecule has 106 valence electrons.